The van der Waals surface area contributed by atoms with Crippen molar-refractivity contribution >= 4 is 0 Å². The summed E-state index contributed by atoms with van der Waals surface area (Å²) in [6.07, 6.45) is 8.52. The molecule has 15 heavy (non-hydrogen) atoms. The van der Waals surface area contributed by atoms with Gasteiger partial charge in [0.2, 0.25) is 0 Å². The molecular weight excluding hydrogens is 186 g/mol. The first-order valence-corrected chi connectivity index (χ1v) is 6.07. The first kappa shape index (κ1) is 9.40. The molecule has 3 heteroatoms. The zero-order chi connectivity index (χ0) is 10.3. The molecule has 3 nitrogen and oxygen atoms in total. The lowest BCUT2D eigenvalue weighted by Crippen LogP contribution is -2.27. The second kappa shape index (κ2) is 3.34. The van der Waals surface area contributed by atoms with Gasteiger partial charge < -0.3 is 10.3 Å². The average Bonchev–Trinajstić information content (AvgIpc) is 2.85. The van der Waals surface area contributed by atoms with Crippen molar-refractivity contribution in [3.8, 4) is 0 Å². The number of H-pyrrole nitrogens is 1. The molecule has 82 valence electrons. The Morgan fingerprint density at radius 3 is 2.93 bits per heavy atom. The van der Waals surface area contributed by atoms with Crippen molar-refractivity contribution in [3.63, 3.8) is 0 Å². The summed E-state index contributed by atoms with van der Waals surface area (Å²) in [6.45, 7) is 3.45. The van der Waals surface area contributed by atoms with Crippen LogP contribution in [0.15, 0.2) is 6.20 Å². The normalized spacial score (nSPS) is 29.0. The van der Waals surface area contributed by atoms with Crippen molar-refractivity contribution in [3.05, 3.63) is 17.7 Å². The maximum absolute atomic E-state index is 4.53. The van der Waals surface area contributed by atoms with Gasteiger partial charge in [-0.05, 0) is 32.2 Å². The number of imidazole rings is 1. The fourth-order valence-corrected chi connectivity index (χ4v) is 2.36. The van der Waals surface area contributed by atoms with Crippen molar-refractivity contribution in [2.45, 2.75) is 50.5 Å². The molecule has 1 atom stereocenters. The second-order valence-corrected chi connectivity index (χ2v) is 5.25. The van der Waals surface area contributed by atoms with E-state index in [-0.39, 0.29) is 0 Å². The number of aromatic nitrogens is 2. The SMILES string of the molecule is CC1(c2cnc(C3CCCCN3)[nH]2)CC1. The Morgan fingerprint density at radius 2 is 2.27 bits per heavy atom. The molecule has 0 amide bonds. The van der Waals surface area contributed by atoms with E-state index in [1.54, 1.807) is 0 Å². The van der Waals surface area contributed by atoms with Crippen LogP contribution in [0.25, 0.3) is 0 Å². The summed E-state index contributed by atoms with van der Waals surface area (Å²) < 4.78 is 0. The summed E-state index contributed by atoms with van der Waals surface area (Å²) in [5.41, 5.74) is 1.75. The van der Waals surface area contributed by atoms with Gasteiger partial charge in [-0.25, -0.2) is 4.98 Å². The topological polar surface area (TPSA) is 40.7 Å². The molecule has 3 rings (SSSR count). The van der Waals surface area contributed by atoms with Gasteiger partial charge in [0.25, 0.3) is 0 Å². The smallest absolute Gasteiger partial charge is 0.123 e. The molecule has 2 aliphatic rings. The Bertz CT molecular complexity index is 346. The Hall–Kier alpha value is -0.830. The zero-order valence-corrected chi connectivity index (χ0v) is 9.34. The Balaban J connectivity index is 1.77. The van der Waals surface area contributed by atoms with Gasteiger partial charge in [-0.3, -0.25) is 0 Å². The molecule has 2 fully saturated rings. The summed E-state index contributed by atoms with van der Waals surface area (Å²) >= 11 is 0. The molecule has 0 spiro atoms. The summed E-state index contributed by atoms with van der Waals surface area (Å²) in [4.78, 5) is 8.04. The molecule has 2 N–H and O–H groups in total. The maximum Gasteiger partial charge on any atom is 0.123 e. The van der Waals surface area contributed by atoms with E-state index in [1.165, 1.54) is 37.8 Å². The van der Waals surface area contributed by atoms with Crippen molar-refractivity contribution < 1.29 is 0 Å². The Morgan fingerprint density at radius 1 is 1.40 bits per heavy atom. The van der Waals surface area contributed by atoms with Crippen LogP contribution in [0.2, 0.25) is 0 Å². The van der Waals surface area contributed by atoms with Gasteiger partial charge >= 0.3 is 0 Å². The second-order valence-electron chi connectivity index (χ2n) is 5.25. The first-order valence-electron chi connectivity index (χ1n) is 6.07. The highest BCUT2D eigenvalue weighted by Crippen LogP contribution is 2.46. The molecule has 0 aromatic carbocycles. The molecule has 1 aliphatic heterocycles. The Labute approximate surface area is 90.7 Å². The van der Waals surface area contributed by atoms with Crippen LogP contribution in [-0.4, -0.2) is 16.5 Å². The van der Waals surface area contributed by atoms with Crippen molar-refractivity contribution in [1.82, 2.24) is 15.3 Å². The highest BCUT2D eigenvalue weighted by Gasteiger charge is 2.40. The monoisotopic (exact) mass is 205 g/mol. The average molecular weight is 205 g/mol. The molecule has 1 aromatic heterocycles. The van der Waals surface area contributed by atoms with E-state index in [9.17, 15) is 0 Å². The molecular formula is C12H19N3. The number of rotatable bonds is 2. The molecule has 1 aromatic rings. The van der Waals surface area contributed by atoms with E-state index in [1.807, 2.05) is 6.20 Å². The summed E-state index contributed by atoms with van der Waals surface area (Å²) in [5, 5.41) is 3.53. The third-order valence-electron chi connectivity index (χ3n) is 3.89. The third-order valence-corrected chi connectivity index (χ3v) is 3.89. The third kappa shape index (κ3) is 1.69. The molecule has 1 saturated heterocycles. The summed E-state index contributed by atoms with van der Waals surface area (Å²) in [5.74, 6) is 1.15. The van der Waals surface area contributed by atoms with Crippen LogP contribution in [-0.2, 0) is 5.41 Å². The van der Waals surface area contributed by atoms with E-state index in [0.717, 1.165) is 12.4 Å². The van der Waals surface area contributed by atoms with Crippen LogP contribution in [0, 0.1) is 0 Å². The van der Waals surface area contributed by atoms with Crippen LogP contribution in [0.3, 0.4) is 0 Å². The van der Waals surface area contributed by atoms with E-state index >= 15 is 0 Å². The van der Waals surface area contributed by atoms with Crippen LogP contribution < -0.4 is 5.32 Å². The number of nitrogens with one attached hydrogen (secondary N) is 2. The first-order chi connectivity index (χ1) is 7.28. The number of hydrogen-bond donors (Lipinski definition) is 2. The minimum absolute atomic E-state index is 0.417. The van der Waals surface area contributed by atoms with Gasteiger partial charge in [-0.1, -0.05) is 13.3 Å². The van der Waals surface area contributed by atoms with E-state index in [4.69, 9.17) is 0 Å². The number of aromatic amines is 1. The van der Waals surface area contributed by atoms with Crippen LogP contribution in [0.5, 0.6) is 0 Å². The highest BCUT2D eigenvalue weighted by atomic mass is 15.0. The van der Waals surface area contributed by atoms with Gasteiger partial charge in [0, 0.05) is 17.3 Å². The summed E-state index contributed by atoms with van der Waals surface area (Å²) in [6, 6.07) is 0.467. The molecule has 0 radical (unpaired) electrons. The van der Waals surface area contributed by atoms with E-state index in [2.05, 4.69) is 22.2 Å². The lowest BCUT2D eigenvalue weighted by atomic mass is 10.0. The predicted octanol–water partition coefficient (Wildman–Crippen LogP) is 2.28. The quantitative estimate of drug-likeness (QED) is 0.777. The van der Waals surface area contributed by atoms with Crippen LogP contribution >= 0.6 is 0 Å². The van der Waals surface area contributed by atoms with Gasteiger partial charge in [0.1, 0.15) is 5.82 Å². The molecule has 1 aliphatic carbocycles. The van der Waals surface area contributed by atoms with Crippen molar-refractivity contribution in [2.24, 2.45) is 0 Å². The van der Waals surface area contributed by atoms with Crippen LogP contribution in [0.1, 0.15) is 56.6 Å². The number of nitrogens with zero attached hydrogens (tertiary/aromatic N) is 1. The predicted molar refractivity (Wildman–Crippen MR) is 59.8 cm³/mol. The lowest BCUT2D eigenvalue weighted by molar-refractivity contribution is 0.399. The molecule has 0 bridgehead atoms. The minimum atomic E-state index is 0.417. The number of hydrogen-bond acceptors (Lipinski definition) is 2. The van der Waals surface area contributed by atoms with E-state index in [0.29, 0.717) is 11.5 Å². The fraction of sp³-hybridized carbons (Fsp3) is 0.750. The number of piperidine rings is 1. The van der Waals surface area contributed by atoms with Crippen molar-refractivity contribution in [2.75, 3.05) is 6.54 Å². The van der Waals surface area contributed by atoms with E-state index < -0.39 is 0 Å². The maximum atomic E-state index is 4.53. The zero-order valence-electron chi connectivity index (χ0n) is 9.34. The standard InChI is InChI=1S/C12H19N3/c1-12(5-6-12)10-8-14-11(15-10)9-4-2-3-7-13-9/h8-9,13H,2-7H2,1H3,(H,14,15). The van der Waals surface area contributed by atoms with Gasteiger partial charge in [-0.2, -0.15) is 0 Å². The van der Waals surface area contributed by atoms with Gasteiger partial charge in [-0.15, -0.1) is 0 Å². The minimum Gasteiger partial charge on any atom is -0.344 e. The van der Waals surface area contributed by atoms with Gasteiger partial charge in [0.05, 0.1) is 6.04 Å². The molecule has 1 saturated carbocycles. The van der Waals surface area contributed by atoms with Crippen molar-refractivity contribution in [1.29, 1.82) is 0 Å². The fourth-order valence-electron chi connectivity index (χ4n) is 2.36. The lowest BCUT2D eigenvalue weighted by Gasteiger charge is -2.21. The Kier molecular flexibility index (Phi) is 2.09. The highest BCUT2D eigenvalue weighted by molar-refractivity contribution is 5.22. The van der Waals surface area contributed by atoms with Gasteiger partial charge in [0.15, 0.2) is 0 Å². The van der Waals surface area contributed by atoms with Crippen LogP contribution in [0.4, 0.5) is 0 Å². The largest absolute Gasteiger partial charge is 0.344 e. The molecule has 2 heterocycles. The molecule has 1 unspecified atom stereocenters. The summed E-state index contributed by atoms with van der Waals surface area (Å²) in [7, 11) is 0.